The zero-order chi connectivity index (χ0) is 21.5. The number of hydrogen-bond acceptors (Lipinski definition) is 5. The highest BCUT2D eigenvalue weighted by atomic mass is 32.2. The zero-order valence-corrected chi connectivity index (χ0v) is 17.4. The van der Waals surface area contributed by atoms with E-state index in [0.29, 0.717) is 5.52 Å². The fourth-order valence-corrected chi connectivity index (χ4v) is 4.16. The highest BCUT2D eigenvalue weighted by molar-refractivity contribution is 7.87. The first-order valence-corrected chi connectivity index (χ1v) is 10.9. The fraction of sp³-hybridized carbons (Fsp3) is 0.300. The Morgan fingerprint density at radius 2 is 2.10 bits per heavy atom. The molecule has 1 aromatic carbocycles. The first-order valence-electron chi connectivity index (χ1n) is 9.45. The molecular formula is C20H21FN5O3S-. The second-order valence-electron chi connectivity index (χ2n) is 7.34. The highest BCUT2D eigenvalue weighted by Gasteiger charge is 2.27. The van der Waals surface area contributed by atoms with Crippen molar-refractivity contribution >= 4 is 27.3 Å². The molecule has 1 aliphatic rings. The molecule has 3 aromatic rings. The van der Waals surface area contributed by atoms with Gasteiger partial charge in [-0.15, -0.1) is 0 Å². The minimum Gasteiger partial charge on any atom is -0.857 e. The van der Waals surface area contributed by atoms with Gasteiger partial charge in [0.25, 0.3) is 0 Å². The molecule has 1 saturated heterocycles. The average molecular weight is 430 g/mol. The van der Waals surface area contributed by atoms with E-state index in [1.54, 1.807) is 24.4 Å². The number of rotatable bonds is 5. The van der Waals surface area contributed by atoms with E-state index in [9.17, 15) is 17.9 Å². The molecule has 0 spiro atoms. The van der Waals surface area contributed by atoms with Gasteiger partial charge in [-0.05, 0) is 42.7 Å². The van der Waals surface area contributed by atoms with Gasteiger partial charge in [-0.3, -0.25) is 0 Å². The van der Waals surface area contributed by atoms with Gasteiger partial charge in [0, 0.05) is 44.0 Å². The van der Waals surface area contributed by atoms with Crippen LogP contribution in [0.15, 0.2) is 53.2 Å². The SMILES string of the molecule is CN(C)S(=O)(=O)/N=C(\[O-])c1cnn2ccc(N3CCC[C@@H]3c3cccc(F)c3)cc12. The van der Waals surface area contributed by atoms with E-state index in [2.05, 4.69) is 14.4 Å². The van der Waals surface area contributed by atoms with Gasteiger partial charge in [0.2, 0.25) is 0 Å². The molecule has 0 radical (unpaired) electrons. The minimum atomic E-state index is -4.04. The van der Waals surface area contributed by atoms with E-state index in [1.807, 2.05) is 12.1 Å². The topological polar surface area (TPSA) is 93.3 Å². The third-order valence-electron chi connectivity index (χ3n) is 5.21. The van der Waals surface area contributed by atoms with Crippen molar-refractivity contribution in [1.29, 1.82) is 0 Å². The largest absolute Gasteiger partial charge is 0.857 e. The van der Waals surface area contributed by atoms with Gasteiger partial charge < -0.3 is 10.0 Å². The summed E-state index contributed by atoms with van der Waals surface area (Å²) in [5.41, 5.74) is 2.30. The molecule has 158 valence electrons. The summed E-state index contributed by atoms with van der Waals surface area (Å²) < 4.78 is 43.3. The van der Waals surface area contributed by atoms with Crippen LogP contribution in [-0.2, 0) is 10.2 Å². The summed E-state index contributed by atoms with van der Waals surface area (Å²) in [6.07, 6.45) is 4.86. The lowest BCUT2D eigenvalue weighted by molar-refractivity contribution is -0.212. The van der Waals surface area contributed by atoms with Crippen LogP contribution in [0, 0.1) is 5.82 Å². The van der Waals surface area contributed by atoms with Crippen LogP contribution in [0.4, 0.5) is 10.1 Å². The molecule has 4 rings (SSSR count). The third kappa shape index (κ3) is 3.75. The molecule has 3 heterocycles. The molecule has 2 aromatic heterocycles. The van der Waals surface area contributed by atoms with Crippen LogP contribution in [0.2, 0.25) is 0 Å². The summed E-state index contributed by atoms with van der Waals surface area (Å²) in [5.74, 6) is -1.15. The smallest absolute Gasteiger partial charge is 0.321 e. The van der Waals surface area contributed by atoms with Gasteiger partial charge in [0.15, 0.2) is 0 Å². The normalized spacial score (nSPS) is 17.9. The van der Waals surface area contributed by atoms with Gasteiger partial charge in [-0.1, -0.05) is 12.1 Å². The Bertz CT molecular complexity index is 1220. The monoisotopic (exact) mass is 430 g/mol. The predicted molar refractivity (Wildman–Crippen MR) is 110 cm³/mol. The Labute approximate surface area is 174 Å². The Hall–Kier alpha value is -2.98. The third-order valence-corrected chi connectivity index (χ3v) is 6.53. The summed E-state index contributed by atoms with van der Waals surface area (Å²) in [7, 11) is -1.43. The van der Waals surface area contributed by atoms with E-state index in [4.69, 9.17) is 0 Å². The van der Waals surface area contributed by atoms with Crippen molar-refractivity contribution in [2.45, 2.75) is 18.9 Å². The standard InChI is InChI=1S/C20H22FN5O3S/c1-24(2)30(28,29)23-20(27)17-13-22-26-10-8-16(12-19(17)26)25-9-4-7-18(25)14-5-3-6-15(21)11-14/h3,5-6,8,10-13,18H,4,7,9H2,1-2H3,(H,23,27)/p-1/t18-/m1/s1. The van der Waals surface area contributed by atoms with Crippen molar-refractivity contribution in [3.8, 4) is 0 Å². The van der Waals surface area contributed by atoms with E-state index in [0.717, 1.165) is 34.9 Å². The molecule has 1 aliphatic heterocycles. The molecule has 8 nitrogen and oxygen atoms in total. The summed E-state index contributed by atoms with van der Waals surface area (Å²) in [5, 5.41) is 16.6. The lowest BCUT2D eigenvalue weighted by Crippen LogP contribution is -2.26. The second kappa shape index (κ2) is 7.69. The molecule has 0 saturated carbocycles. The van der Waals surface area contributed by atoms with Crippen molar-refractivity contribution in [3.63, 3.8) is 0 Å². The van der Waals surface area contributed by atoms with Crippen LogP contribution in [0.25, 0.3) is 5.52 Å². The first kappa shape index (κ1) is 20.3. The average Bonchev–Trinajstić information content (AvgIpc) is 3.34. The quantitative estimate of drug-likeness (QED) is 0.454. The Morgan fingerprint density at radius 3 is 2.83 bits per heavy atom. The van der Waals surface area contributed by atoms with Gasteiger partial charge in [0.1, 0.15) is 5.82 Å². The van der Waals surface area contributed by atoms with Crippen LogP contribution < -0.4 is 10.0 Å². The number of fused-ring (bicyclic) bond motifs is 1. The summed E-state index contributed by atoms with van der Waals surface area (Å²) in [4.78, 5) is 2.16. The summed E-state index contributed by atoms with van der Waals surface area (Å²) in [6.45, 7) is 0.786. The summed E-state index contributed by atoms with van der Waals surface area (Å²) in [6, 6.07) is 10.2. The number of anilines is 1. The van der Waals surface area contributed by atoms with E-state index < -0.39 is 16.1 Å². The van der Waals surface area contributed by atoms with E-state index in [1.165, 1.54) is 30.9 Å². The molecular weight excluding hydrogens is 409 g/mol. The second-order valence-corrected chi connectivity index (χ2v) is 9.14. The fourth-order valence-electron chi connectivity index (χ4n) is 3.68. The van der Waals surface area contributed by atoms with Crippen LogP contribution >= 0.6 is 0 Å². The zero-order valence-electron chi connectivity index (χ0n) is 16.6. The van der Waals surface area contributed by atoms with Crippen LogP contribution in [0.5, 0.6) is 0 Å². The number of pyridine rings is 1. The maximum absolute atomic E-state index is 13.7. The molecule has 0 bridgehead atoms. The number of halogens is 1. The van der Waals surface area contributed by atoms with Crippen LogP contribution in [0.3, 0.4) is 0 Å². The lowest BCUT2D eigenvalue weighted by Gasteiger charge is -2.27. The first-order chi connectivity index (χ1) is 14.3. The Morgan fingerprint density at radius 1 is 1.30 bits per heavy atom. The van der Waals surface area contributed by atoms with Crippen molar-refractivity contribution < 1.29 is 17.9 Å². The van der Waals surface area contributed by atoms with Gasteiger partial charge in [-0.25, -0.2) is 8.91 Å². The van der Waals surface area contributed by atoms with Crippen LogP contribution in [0.1, 0.15) is 30.0 Å². The molecule has 0 amide bonds. The Kier molecular flexibility index (Phi) is 5.20. The van der Waals surface area contributed by atoms with Crippen molar-refractivity contribution in [3.05, 3.63) is 65.7 Å². The molecule has 1 fully saturated rings. The van der Waals surface area contributed by atoms with Gasteiger partial charge >= 0.3 is 10.2 Å². The molecule has 0 unspecified atom stereocenters. The van der Waals surface area contributed by atoms with Gasteiger partial charge in [-0.2, -0.15) is 22.2 Å². The van der Waals surface area contributed by atoms with E-state index >= 15 is 0 Å². The maximum Gasteiger partial charge on any atom is 0.321 e. The molecule has 0 aliphatic carbocycles. The highest BCUT2D eigenvalue weighted by Crippen LogP contribution is 2.36. The summed E-state index contributed by atoms with van der Waals surface area (Å²) >= 11 is 0. The van der Waals surface area contributed by atoms with Crippen molar-refractivity contribution in [1.82, 2.24) is 13.9 Å². The number of hydrogen-bond donors (Lipinski definition) is 0. The van der Waals surface area contributed by atoms with Crippen LogP contribution in [-0.4, -0.2) is 48.9 Å². The Balaban J connectivity index is 1.73. The minimum absolute atomic E-state index is 0.0176. The molecule has 1 atom stereocenters. The maximum atomic E-state index is 13.7. The van der Waals surface area contributed by atoms with Crippen molar-refractivity contribution in [2.75, 3.05) is 25.5 Å². The van der Waals surface area contributed by atoms with E-state index in [-0.39, 0.29) is 17.4 Å². The predicted octanol–water partition coefficient (Wildman–Crippen LogP) is 1.73. The lowest BCUT2D eigenvalue weighted by atomic mass is 10.0. The molecule has 30 heavy (non-hydrogen) atoms. The van der Waals surface area contributed by atoms with Crippen molar-refractivity contribution in [2.24, 2.45) is 4.40 Å². The number of aromatic nitrogens is 2. The number of nitrogens with zero attached hydrogens (tertiary/aromatic N) is 5. The van der Waals surface area contributed by atoms with Gasteiger partial charge in [0.05, 0.1) is 17.8 Å². The molecule has 0 N–H and O–H groups in total. The molecule has 10 heteroatoms. The number of benzene rings is 1.